The molecule has 0 saturated carbocycles. The fraction of sp³-hybridized carbons (Fsp3) is 0.909. The van der Waals surface area contributed by atoms with Gasteiger partial charge in [-0.05, 0) is 39.3 Å². The molecule has 1 atom stereocenters. The van der Waals surface area contributed by atoms with Crippen LogP contribution in [0.2, 0.25) is 0 Å². The lowest BCUT2D eigenvalue weighted by molar-refractivity contribution is 0.400. The highest BCUT2D eigenvalue weighted by molar-refractivity contribution is 5.03. The van der Waals surface area contributed by atoms with Gasteiger partial charge in [-0.25, -0.2) is 0 Å². The first-order valence-electron chi connectivity index (χ1n) is 5.55. The summed E-state index contributed by atoms with van der Waals surface area (Å²) in [7, 11) is 0. The Kier molecular flexibility index (Phi) is 7.45. The van der Waals surface area contributed by atoms with Gasteiger partial charge in [-0.15, -0.1) is 0 Å². The number of nitrogens with one attached hydrogen (secondary N) is 1. The summed E-state index contributed by atoms with van der Waals surface area (Å²) in [5, 5.41) is 12.3. The monoisotopic (exact) mass is 197 g/mol. The second-order valence-corrected chi connectivity index (χ2v) is 3.97. The van der Waals surface area contributed by atoms with Gasteiger partial charge in [-0.1, -0.05) is 19.8 Å². The Balaban J connectivity index is 3.70. The van der Waals surface area contributed by atoms with E-state index in [-0.39, 0.29) is 5.54 Å². The van der Waals surface area contributed by atoms with Crippen LogP contribution in [0.25, 0.3) is 0 Å². The molecule has 14 heavy (non-hydrogen) atoms. The molecule has 3 N–H and O–H groups in total. The molecule has 1 unspecified atom stereocenters. The van der Waals surface area contributed by atoms with E-state index in [4.69, 9.17) is 11.0 Å². The van der Waals surface area contributed by atoms with Crippen LogP contribution in [-0.4, -0.2) is 18.6 Å². The number of hydrogen-bond donors (Lipinski definition) is 2. The Labute approximate surface area is 87.7 Å². The Hall–Kier alpha value is -0.590. The maximum Gasteiger partial charge on any atom is 0.103 e. The molecule has 0 aromatic heterocycles. The molecular formula is C11H23N3. The maximum atomic E-state index is 9.03. The van der Waals surface area contributed by atoms with E-state index in [0.717, 1.165) is 45.2 Å². The lowest BCUT2D eigenvalue weighted by Gasteiger charge is -2.22. The zero-order valence-corrected chi connectivity index (χ0v) is 9.47. The highest BCUT2D eigenvalue weighted by atomic mass is 15.0. The van der Waals surface area contributed by atoms with Crippen LogP contribution in [0.3, 0.4) is 0 Å². The van der Waals surface area contributed by atoms with Gasteiger partial charge < -0.3 is 5.73 Å². The highest BCUT2D eigenvalue weighted by Gasteiger charge is 2.21. The summed E-state index contributed by atoms with van der Waals surface area (Å²) >= 11 is 0. The average Bonchev–Trinajstić information content (AvgIpc) is 2.22. The van der Waals surface area contributed by atoms with Crippen molar-refractivity contribution < 1.29 is 0 Å². The minimum Gasteiger partial charge on any atom is -0.330 e. The van der Waals surface area contributed by atoms with Crippen molar-refractivity contribution in [3.8, 4) is 6.07 Å². The number of nitriles is 1. The van der Waals surface area contributed by atoms with Crippen LogP contribution < -0.4 is 11.1 Å². The second-order valence-electron chi connectivity index (χ2n) is 3.97. The van der Waals surface area contributed by atoms with E-state index in [1.165, 1.54) is 0 Å². The van der Waals surface area contributed by atoms with Gasteiger partial charge in [0.15, 0.2) is 0 Å². The first kappa shape index (κ1) is 13.4. The molecule has 0 bridgehead atoms. The van der Waals surface area contributed by atoms with Crippen LogP contribution >= 0.6 is 0 Å². The summed E-state index contributed by atoms with van der Waals surface area (Å²) in [5.41, 5.74) is 5.06. The molecule has 0 aromatic carbocycles. The summed E-state index contributed by atoms with van der Waals surface area (Å²) in [6.45, 7) is 5.75. The van der Waals surface area contributed by atoms with Crippen molar-refractivity contribution in [2.75, 3.05) is 13.1 Å². The summed E-state index contributed by atoms with van der Waals surface area (Å²) in [6, 6.07) is 2.35. The molecule has 0 aliphatic carbocycles. The van der Waals surface area contributed by atoms with Crippen molar-refractivity contribution in [1.29, 1.82) is 5.26 Å². The van der Waals surface area contributed by atoms with Gasteiger partial charge in [0, 0.05) is 0 Å². The lowest BCUT2D eigenvalue weighted by Crippen LogP contribution is -2.41. The number of nitrogens with zero attached hydrogens (tertiary/aromatic N) is 1. The van der Waals surface area contributed by atoms with Gasteiger partial charge in [-0.2, -0.15) is 5.26 Å². The number of unbranched alkanes of at least 4 members (excludes halogenated alkanes) is 2. The Bertz CT molecular complexity index is 174. The summed E-state index contributed by atoms with van der Waals surface area (Å²) in [5.74, 6) is 0. The summed E-state index contributed by atoms with van der Waals surface area (Å²) < 4.78 is 0. The zero-order chi connectivity index (χ0) is 10.9. The predicted molar refractivity (Wildman–Crippen MR) is 59.8 cm³/mol. The van der Waals surface area contributed by atoms with E-state index in [2.05, 4.69) is 18.3 Å². The Morgan fingerprint density at radius 3 is 2.57 bits per heavy atom. The third kappa shape index (κ3) is 5.95. The van der Waals surface area contributed by atoms with Gasteiger partial charge in [0.25, 0.3) is 0 Å². The van der Waals surface area contributed by atoms with E-state index in [0.29, 0.717) is 0 Å². The van der Waals surface area contributed by atoms with Crippen molar-refractivity contribution >= 4 is 0 Å². The molecular weight excluding hydrogens is 174 g/mol. The SMILES string of the molecule is CCCCC(C)(C#N)NCCCCN. The second kappa shape index (κ2) is 7.78. The fourth-order valence-corrected chi connectivity index (χ4v) is 1.35. The van der Waals surface area contributed by atoms with E-state index in [1.807, 2.05) is 6.92 Å². The summed E-state index contributed by atoms with van der Waals surface area (Å²) in [6.07, 6.45) is 5.26. The number of rotatable bonds is 8. The highest BCUT2D eigenvalue weighted by Crippen LogP contribution is 2.12. The molecule has 0 spiro atoms. The van der Waals surface area contributed by atoms with Crippen molar-refractivity contribution in [3.63, 3.8) is 0 Å². The first-order valence-corrected chi connectivity index (χ1v) is 5.55. The van der Waals surface area contributed by atoms with Gasteiger partial charge in [0.05, 0.1) is 6.07 Å². The van der Waals surface area contributed by atoms with E-state index in [1.54, 1.807) is 0 Å². The Morgan fingerprint density at radius 1 is 1.36 bits per heavy atom. The maximum absolute atomic E-state index is 9.03. The minimum atomic E-state index is -0.343. The third-order valence-electron chi connectivity index (χ3n) is 2.42. The zero-order valence-electron chi connectivity index (χ0n) is 9.47. The van der Waals surface area contributed by atoms with E-state index < -0.39 is 0 Å². The van der Waals surface area contributed by atoms with Crippen molar-refractivity contribution in [2.24, 2.45) is 5.73 Å². The first-order chi connectivity index (χ1) is 6.68. The molecule has 0 rings (SSSR count). The summed E-state index contributed by atoms with van der Waals surface area (Å²) in [4.78, 5) is 0. The molecule has 0 saturated heterocycles. The molecule has 0 aliphatic heterocycles. The van der Waals surface area contributed by atoms with E-state index in [9.17, 15) is 0 Å². The minimum absolute atomic E-state index is 0.343. The van der Waals surface area contributed by atoms with Crippen molar-refractivity contribution in [1.82, 2.24) is 5.32 Å². The molecule has 3 heteroatoms. The Morgan fingerprint density at radius 2 is 2.07 bits per heavy atom. The quantitative estimate of drug-likeness (QED) is 0.583. The molecule has 0 fully saturated rings. The largest absolute Gasteiger partial charge is 0.330 e. The van der Waals surface area contributed by atoms with Crippen LogP contribution in [0.1, 0.15) is 46.0 Å². The van der Waals surface area contributed by atoms with Crippen LogP contribution in [0.4, 0.5) is 0 Å². The third-order valence-corrected chi connectivity index (χ3v) is 2.42. The molecule has 0 aliphatic rings. The molecule has 3 nitrogen and oxygen atoms in total. The number of hydrogen-bond acceptors (Lipinski definition) is 3. The molecule has 0 amide bonds. The topological polar surface area (TPSA) is 61.8 Å². The van der Waals surface area contributed by atoms with Gasteiger partial charge >= 0.3 is 0 Å². The molecule has 82 valence electrons. The van der Waals surface area contributed by atoms with Crippen LogP contribution in [0.15, 0.2) is 0 Å². The van der Waals surface area contributed by atoms with Gasteiger partial charge in [-0.3, -0.25) is 5.32 Å². The standard InChI is InChI=1S/C11H23N3/c1-3-4-7-11(2,10-13)14-9-6-5-8-12/h14H,3-9,12H2,1-2H3. The van der Waals surface area contributed by atoms with E-state index >= 15 is 0 Å². The fourth-order valence-electron chi connectivity index (χ4n) is 1.35. The van der Waals surface area contributed by atoms with Crippen LogP contribution in [0, 0.1) is 11.3 Å². The smallest absolute Gasteiger partial charge is 0.103 e. The number of nitrogens with two attached hydrogens (primary N) is 1. The predicted octanol–water partition coefficient (Wildman–Crippen LogP) is 1.79. The molecule has 0 heterocycles. The lowest BCUT2D eigenvalue weighted by atomic mass is 9.96. The van der Waals surface area contributed by atoms with Crippen molar-refractivity contribution in [3.05, 3.63) is 0 Å². The molecule has 0 aromatic rings. The van der Waals surface area contributed by atoms with Crippen LogP contribution in [0.5, 0.6) is 0 Å². The van der Waals surface area contributed by atoms with Gasteiger partial charge in [0.1, 0.15) is 5.54 Å². The van der Waals surface area contributed by atoms with Crippen LogP contribution in [-0.2, 0) is 0 Å². The van der Waals surface area contributed by atoms with Crippen molar-refractivity contribution in [2.45, 2.75) is 51.5 Å². The average molecular weight is 197 g/mol. The normalized spacial score (nSPS) is 14.7. The molecule has 0 radical (unpaired) electrons. The van der Waals surface area contributed by atoms with Gasteiger partial charge in [0.2, 0.25) is 0 Å².